The van der Waals surface area contributed by atoms with E-state index in [2.05, 4.69) is 6.92 Å². The number of hydrogen-bond acceptors (Lipinski definition) is 4. The molecule has 98 valence electrons. The van der Waals surface area contributed by atoms with Gasteiger partial charge in [-0.25, -0.2) is 8.42 Å². The average molecular weight is 290 g/mol. The van der Waals surface area contributed by atoms with Gasteiger partial charge in [-0.05, 0) is 32.6 Å². The Labute approximate surface area is 148 Å². The fourth-order valence-electron chi connectivity index (χ4n) is 1.56. The van der Waals surface area contributed by atoms with E-state index in [0.717, 1.165) is 25.7 Å². The molecule has 0 aromatic carbocycles. The van der Waals surface area contributed by atoms with Gasteiger partial charge in [0.1, 0.15) is 0 Å². The maximum absolute atomic E-state index is 10.6. The standard InChI is InChI=1S/C11H24O4S.K/c1-3-4-5-8-11(12)9-6-7-10(2)16(13,14)15;/h10-12H,3-9H2,1-2H3,(H,13,14,15);/q;+1/p-1. The summed E-state index contributed by atoms with van der Waals surface area (Å²) in [4.78, 5) is 0. The number of hydrogen-bond donors (Lipinski definition) is 1. The van der Waals surface area contributed by atoms with Crippen LogP contribution in [0.3, 0.4) is 0 Å². The molecule has 2 atom stereocenters. The molecule has 0 bridgehead atoms. The summed E-state index contributed by atoms with van der Waals surface area (Å²) in [6.07, 6.45) is 5.18. The molecule has 0 amide bonds. The summed E-state index contributed by atoms with van der Waals surface area (Å²) in [6, 6.07) is 0. The van der Waals surface area contributed by atoms with Crippen LogP contribution in [-0.2, 0) is 10.1 Å². The van der Waals surface area contributed by atoms with Gasteiger partial charge in [0.15, 0.2) is 0 Å². The van der Waals surface area contributed by atoms with E-state index >= 15 is 0 Å². The van der Waals surface area contributed by atoms with Crippen LogP contribution < -0.4 is 51.4 Å². The monoisotopic (exact) mass is 290 g/mol. The Morgan fingerprint density at radius 3 is 2.12 bits per heavy atom. The minimum absolute atomic E-state index is 0. The number of unbranched alkanes of at least 4 members (excludes halogenated alkanes) is 2. The van der Waals surface area contributed by atoms with Crippen LogP contribution in [0.25, 0.3) is 0 Å². The minimum atomic E-state index is -4.15. The van der Waals surface area contributed by atoms with Gasteiger partial charge in [0.05, 0.1) is 16.2 Å². The van der Waals surface area contributed by atoms with E-state index in [1.54, 1.807) is 0 Å². The van der Waals surface area contributed by atoms with E-state index in [1.807, 2.05) is 0 Å². The Morgan fingerprint density at radius 2 is 1.65 bits per heavy atom. The molecule has 0 aromatic heterocycles. The third kappa shape index (κ3) is 12.3. The van der Waals surface area contributed by atoms with E-state index in [4.69, 9.17) is 0 Å². The summed E-state index contributed by atoms with van der Waals surface area (Å²) in [7, 11) is -4.15. The Morgan fingerprint density at radius 1 is 1.12 bits per heavy atom. The van der Waals surface area contributed by atoms with Crippen LogP contribution in [0.1, 0.15) is 58.8 Å². The first-order chi connectivity index (χ1) is 7.38. The molecule has 0 heterocycles. The van der Waals surface area contributed by atoms with Crippen molar-refractivity contribution in [3.63, 3.8) is 0 Å². The van der Waals surface area contributed by atoms with Crippen molar-refractivity contribution < 1.29 is 69.5 Å². The van der Waals surface area contributed by atoms with Crippen molar-refractivity contribution in [2.45, 2.75) is 70.1 Å². The molecule has 0 aliphatic heterocycles. The van der Waals surface area contributed by atoms with Crippen molar-refractivity contribution >= 4 is 10.1 Å². The van der Waals surface area contributed by atoms with Gasteiger partial charge in [0.2, 0.25) is 0 Å². The van der Waals surface area contributed by atoms with Crippen LogP contribution >= 0.6 is 0 Å². The molecule has 0 saturated carbocycles. The molecular formula is C11H23KO4S. The zero-order valence-corrected chi connectivity index (χ0v) is 15.1. The van der Waals surface area contributed by atoms with Gasteiger partial charge in [-0.2, -0.15) is 0 Å². The van der Waals surface area contributed by atoms with Gasteiger partial charge in [-0.1, -0.05) is 26.2 Å². The van der Waals surface area contributed by atoms with Crippen molar-refractivity contribution in [1.82, 2.24) is 0 Å². The van der Waals surface area contributed by atoms with Gasteiger partial charge in [-0.3, -0.25) is 0 Å². The van der Waals surface area contributed by atoms with Crippen molar-refractivity contribution in [3.05, 3.63) is 0 Å². The molecule has 4 nitrogen and oxygen atoms in total. The molecule has 0 rings (SSSR count). The van der Waals surface area contributed by atoms with Crippen LogP contribution in [0.5, 0.6) is 0 Å². The Bertz CT molecular complexity index is 267. The molecule has 0 aliphatic carbocycles. The van der Waals surface area contributed by atoms with Crippen molar-refractivity contribution in [1.29, 1.82) is 0 Å². The Hall–Kier alpha value is 1.51. The summed E-state index contributed by atoms with van der Waals surface area (Å²) in [5.74, 6) is 0. The van der Waals surface area contributed by atoms with E-state index in [9.17, 15) is 18.1 Å². The van der Waals surface area contributed by atoms with Gasteiger partial charge in [0, 0.05) is 5.25 Å². The summed E-state index contributed by atoms with van der Waals surface area (Å²) < 4.78 is 31.8. The molecule has 0 fully saturated rings. The van der Waals surface area contributed by atoms with E-state index in [-0.39, 0.29) is 57.5 Å². The van der Waals surface area contributed by atoms with Crippen LogP contribution in [-0.4, -0.2) is 29.4 Å². The topological polar surface area (TPSA) is 77.4 Å². The molecule has 0 aromatic rings. The minimum Gasteiger partial charge on any atom is -0.748 e. The molecule has 0 radical (unpaired) electrons. The molecule has 17 heavy (non-hydrogen) atoms. The number of aliphatic hydroxyl groups is 1. The summed E-state index contributed by atoms with van der Waals surface area (Å²) in [6.45, 7) is 3.53. The summed E-state index contributed by atoms with van der Waals surface area (Å²) >= 11 is 0. The van der Waals surface area contributed by atoms with E-state index in [0.29, 0.717) is 19.3 Å². The van der Waals surface area contributed by atoms with Gasteiger partial charge in [-0.15, -0.1) is 0 Å². The number of rotatable bonds is 9. The Kier molecular flexibility index (Phi) is 13.9. The molecule has 0 saturated heterocycles. The Balaban J connectivity index is 0. The molecule has 2 unspecified atom stereocenters. The normalized spacial score (nSPS) is 15.1. The van der Waals surface area contributed by atoms with Crippen molar-refractivity contribution in [2.24, 2.45) is 0 Å². The zero-order chi connectivity index (χ0) is 12.6. The smallest absolute Gasteiger partial charge is 0.748 e. The van der Waals surface area contributed by atoms with Gasteiger partial charge >= 0.3 is 51.4 Å². The second-order valence-corrected chi connectivity index (χ2v) is 6.17. The summed E-state index contributed by atoms with van der Waals surface area (Å²) in [5.41, 5.74) is 0. The van der Waals surface area contributed by atoms with E-state index in [1.165, 1.54) is 6.92 Å². The fraction of sp³-hybridized carbons (Fsp3) is 1.00. The van der Waals surface area contributed by atoms with Crippen molar-refractivity contribution in [3.8, 4) is 0 Å². The predicted octanol–water partition coefficient (Wildman–Crippen LogP) is -0.964. The predicted molar refractivity (Wildman–Crippen MR) is 63.2 cm³/mol. The molecule has 1 N–H and O–H groups in total. The quantitative estimate of drug-likeness (QED) is 0.337. The number of aliphatic hydroxyl groups excluding tert-OH is 1. The first-order valence-corrected chi connectivity index (χ1v) is 7.47. The van der Waals surface area contributed by atoms with Gasteiger partial charge in [0.25, 0.3) is 0 Å². The summed E-state index contributed by atoms with van der Waals surface area (Å²) in [5, 5.41) is 8.73. The maximum Gasteiger partial charge on any atom is 1.00 e. The van der Waals surface area contributed by atoms with Crippen LogP contribution in [0.15, 0.2) is 0 Å². The third-order valence-electron chi connectivity index (χ3n) is 2.78. The molecule has 0 spiro atoms. The maximum atomic E-state index is 10.6. The second-order valence-electron chi connectivity index (χ2n) is 4.38. The first-order valence-electron chi connectivity index (χ1n) is 6.00. The largest absolute Gasteiger partial charge is 1.00 e. The van der Waals surface area contributed by atoms with Crippen LogP contribution in [0.4, 0.5) is 0 Å². The van der Waals surface area contributed by atoms with Gasteiger partial charge < -0.3 is 9.66 Å². The third-order valence-corrected chi connectivity index (χ3v) is 4.00. The van der Waals surface area contributed by atoms with E-state index < -0.39 is 15.4 Å². The average Bonchev–Trinajstić information content (AvgIpc) is 2.16. The molecule has 0 aliphatic rings. The molecule has 6 heteroatoms. The SMILES string of the molecule is CCCCCC(O)CCCC(C)S(=O)(=O)[O-].[K+]. The van der Waals surface area contributed by atoms with Crippen LogP contribution in [0, 0.1) is 0 Å². The fourth-order valence-corrected chi connectivity index (χ4v) is 2.01. The first kappa shape index (κ1) is 20.8. The van der Waals surface area contributed by atoms with Crippen LogP contribution in [0.2, 0.25) is 0 Å². The molecular weight excluding hydrogens is 267 g/mol. The van der Waals surface area contributed by atoms with Crippen molar-refractivity contribution in [2.75, 3.05) is 0 Å². The zero-order valence-electron chi connectivity index (χ0n) is 11.2. The second kappa shape index (κ2) is 11.3.